The molecule has 1 amide bonds. The molecule has 0 bridgehead atoms. The smallest absolute Gasteiger partial charge is 0.341 e. The fraction of sp³-hybridized carbons (Fsp3) is 0.600. The van der Waals surface area contributed by atoms with Gasteiger partial charge in [0, 0.05) is 13.1 Å². The monoisotopic (exact) mass is 276 g/mol. The normalized spacial score (nSPS) is 15.8. The fourth-order valence-electron chi connectivity index (χ4n) is 1.83. The van der Waals surface area contributed by atoms with E-state index < -0.39 is 17.7 Å². The highest BCUT2D eigenvalue weighted by atomic mass is 19.4. The van der Waals surface area contributed by atoms with Gasteiger partial charge in [0.1, 0.15) is 6.54 Å². The second-order valence-corrected chi connectivity index (χ2v) is 4.22. The maximum Gasteiger partial charge on any atom is 0.456 e. The van der Waals surface area contributed by atoms with Crippen LogP contribution in [0.2, 0.25) is 0 Å². The summed E-state index contributed by atoms with van der Waals surface area (Å²) in [7, 11) is 0. The van der Waals surface area contributed by atoms with Crippen molar-refractivity contribution in [1.29, 1.82) is 0 Å². The van der Waals surface area contributed by atoms with Gasteiger partial charge in [-0.2, -0.15) is 13.2 Å². The van der Waals surface area contributed by atoms with Gasteiger partial charge in [-0.05, 0) is 12.8 Å². The van der Waals surface area contributed by atoms with E-state index in [-0.39, 0.29) is 12.5 Å². The minimum absolute atomic E-state index is 0.210. The van der Waals surface area contributed by atoms with E-state index in [9.17, 15) is 22.8 Å². The van der Waals surface area contributed by atoms with Crippen molar-refractivity contribution in [3.8, 4) is 0 Å². The number of rotatable bonds is 3. The molecular formula is C10H11F3N4O2. The first kappa shape index (κ1) is 13.5. The van der Waals surface area contributed by atoms with Crippen molar-refractivity contribution in [1.82, 2.24) is 19.9 Å². The number of amides is 1. The molecule has 0 aromatic carbocycles. The molecule has 1 aliphatic rings. The summed E-state index contributed by atoms with van der Waals surface area (Å²) < 4.78 is 37.4. The van der Waals surface area contributed by atoms with Crippen molar-refractivity contribution in [2.24, 2.45) is 0 Å². The van der Waals surface area contributed by atoms with Crippen molar-refractivity contribution < 1.29 is 22.8 Å². The van der Waals surface area contributed by atoms with E-state index >= 15 is 0 Å². The van der Waals surface area contributed by atoms with E-state index in [2.05, 4.69) is 10.3 Å². The molecule has 0 N–H and O–H groups in total. The lowest BCUT2D eigenvalue weighted by atomic mass is 10.3. The Hall–Kier alpha value is -1.93. The molecule has 0 saturated carbocycles. The molecule has 1 aromatic rings. The Morgan fingerprint density at radius 3 is 2.47 bits per heavy atom. The molecule has 6 nitrogen and oxygen atoms in total. The van der Waals surface area contributed by atoms with Crippen molar-refractivity contribution in [2.75, 3.05) is 13.1 Å². The molecule has 2 rings (SSSR count). The summed E-state index contributed by atoms with van der Waals surface area (Å²) in [6.07, 6.45) is -2.31. The van der Waals surface area contributed by atoms with Gasteiger partial charge in [0.25, 0.3) is 5.78 Å². The molecule has 0 atom stereocenters. The highest BCUT2D eigenvalue weighted by Crippen LogP contribution is 2.19. The lowest BCUT2D eigenvalue weighted by molar-refractivity contribution is -0.130. The molecule has 1 saturated heterocycles. The van der Waals surface area contributed by atoms with Crippen LogP contribution in [-0.4, -0.2) is 50.9 Å². The van der Waals surface area contributed by atoms with Crippen LogP contribution in [0, 0.1) is 0 Å². The maximum atomic E-state index is 12.2. The Labute approximate surface area is 106 Å². The average molecular weight is 276 g/mol. The highest BCUT2D eigenvalue weighted by molar-refractivity contribution is 5.98. The topological polar surface area (TPSA) is 68.1 Å². The quantitative estimate of drug-likeness (QED) is 0.760. The number of likely N-dealkylation sites (tertiary alicyclic amines) is 1. The highest BCUT2D eigenvalue weighted by Gasteiger charge is 2.41. The summed E-state index contributed by atoms with van der Waals surface area (Å²) in [6, 6.07) is 0. The van der Waals surface area contributed by atoms with Gasteiger partial charge in [0.15, 0.2) is 5.69 Å². The lowest BCUT2D eigenvalue weighted by Crippen LogP contribution is -2.31. The van der Waals surface area contributed by atoms with E-state index in [1.807, 2.05) is 0 Å². The molecule has 1 aliphatic heterocycles. The SMILES string of the molecule is O=C(Cn1cc(C(=O)C(F)(F)F)nn1)N1CCCC1. The van der Waals surface area contributed by atoms with Crippen molar-refractivity contribution in [2.45, 2.75) is 25.6 Å². The summed E-state index contributed by atoms with van der Waals surface area (Å²) in [5.41, 5.74) is -0.804. The standard InChI is InChI=1S/C10H11F3N4O2/c11-10(12,13)9(19)7-5-17(15-14-7)6-8(18)16-3-1-2-4-16/h5H,1-4,6H2. The molecule has 104 valence electrons. The Morgan fingerprint density at radius 2 is 1.89 bits per heavy atom. The molecule has 0 aliphatic carbocycles. The fourth-order valence-corrected chi connectivity index (χ4v) is 1.83. The molecule has 1 aromatic heterocycles. The molecule has 2 heterocycles. The summed E-state index contributed by atoms with van der Waals surface area (Å²) in [6.45, 7) is 1.07. The third-order valence-corrected chi connectivity index (χ3v) is 2.78. The van der Waals surface area contributed by atoms with E-state index in [1.165, 1.54) is 0 Å². The Kier molecular flexibility index (Phi) is 3.54. The molecular weight excluding hydrogens is 265 g/mol. The van der Waals surface area contributed by atoms with Crippen molar-refractivity contribution in [3.63, 3.8) is 0 Å². The van der Waals surface area contributed by atoms with Gasteiger partial charge in [-0.3, -0.25) is 9.59 Å². The number of ketones is 1. The largest absolute Gasteiger partial charge is 0.456 e. The van der Waals surface area contributed by atoms with Crippen LogP contribution >= 0.6 is 0 Å². The second kappa shape index (κ2) is 4.98. The number of aromatic nitrogens is 3. The molecule has 1 fully saturated rings. The van der Waals surface area contributed by atoms with Crippen molar-refractivity contribution in [3.05, 3.63) is 11.9 Å². The Bertz CT molecular complexity index is 491. The van der Waals surface area contributed by atoms with E-state index in [4.69, 9.17) is 0 Å². The number of hydrogen-bond donors (Lipinski definition) is 0. The van der Waals surface area contributed by atoms with Crippen LogP contribution in [0.5, 0.6) is 0 Å². The van der Waals surface area contributed by atoms with E-state index in [0.717, 1.165) is 23.7 Å². The first-order chi connectivity index (χ1) is 8.88. The van der Waals surface area contributed by atoms with Gasteiger partial charge in [-0.1, -0.05) is 5.21 Å². The summed E-state index contributed by atoms with van der Waals surface area (Å²) in [4.78, 5) is 24.2. The lowest BCUT2D eigenvalue weighted by Gasteiger charge is -2.14. The van der Waals surface area contributed by atoms with Crippen LogP contribution in [0.1, 0.15) is 23.3 Å². The van der Waals surface area contributed by atoms with Gasteiger partial charge in [-0.15, -0.1) is 5.10 Å². The van der Waals surface area contributed by atoms with Gasteiger partial charge in [0.05, 0.1) is 6.20 Å². The minimum Gasteiger partial charge on any atom is -0.341 e. The number of halogens is 3. The number of nitrogens with zero attached hydrogens (tertiary/aromatic N) is 4. The number of carbonyl (C=O) groups excluding carboxylic acids is 2. The van der Waals surface area contributed by atoms with Gasteiger partial charge in [0.2, 0.25) is 5.91 Å². The van der Waals surface area contributed by atoms with Gasteiger partial charge >= 0.3 is 6.18 Å². The van der Waals surface area contributed by atoms with Crippen LogP contribution < -0.4 is 0 Å². The zero-order valence-electron chi connectivity index (χ0n) is 9.85. The molecule has 0 unspecified atom stereocenters. The van der Waals surface area contributed by atoms with Crippen LogP contribution in [0.3, 0.4) is 0 Å². The number of Topliss-reactive ketones (excluding diaryl/α,β-unsaturated/α-hetero) is 1. The molecule has 19 heavy (non-hydrogen) atoms. The predicted octanol–water partition coefficient (Wildman–Crippen LogP) is 0.645. The van der Waals surface area contributed by atoms with E-state index in [1.54, 1.807) is 4.90 Å². The van der Waals surface area contributed by atoms with E-state index in [0.29, 0.717) is 13.1 Å². The third-order valence-electron chi connectivity index (χ3n) is 2.78. The zero-order chi connectivity index (χ0) is 14.0. The molecule has 9 heteroatoms. The van der Waals surface area contributed by atoms with Gasteiger partial charge in [-0.25, -0.2) is 4.68 Å². The first-order valence-corrected chi connectivity index (χ1v) is 5.67. The molecule has 0 radical (unpaired) electrons. The second-order valence-electron chi connectivity index (χ2n) is 4.22. The van der Waals surface area contributed by atoms with Crippen LogP contribution in [-0.2, 0) is 11.3 Å². The average Bonchev–Trinajstić information content (AvgIpc) is 2.97. The Morgan fingerprint density at radius 1 is 1.26 bits per heavy atom. The third kappa shape index (κ3) is 3.09. The number of alkyl halides is 3. The van der Waals surface area contributed by atoms with Crippen LogP contribution in [0.25, 0.3) is 0 Å². The Balaban J connectivity index is 2.01. The summed E-state index contributed by atoms with van der Waals surface area (Å²) in [5.74, 6) is -2.30. The van der Waals surface area contributed by atoms with Crippen LogP contribution in [0.15, 0.2) is 6.20 Å². The molecule has 0 spiro atoms. The number of hydrogen-bond acceptors (Lipinski definition) is 4. The first-order valence-electron chi connectivity index (χ1n) is 5.67. The maximum absolute atomic E-state index is 12.2. The predicted molar refractivity (Wildman–Crippen MR) is 56.2 cm³/mol. The number of carbonyl (C=O) groups is 2. The van der Waals surface area contributed by atoms with Gasteiger partial charge < -0.3 is 4.90 Å². The van der Waals surface area contributed by atoms with Crippen molar-refractivity contribution >= 4 is 11.7 Å². The summed E-state index contributed by atoms with van der Waals surface area (Å²) >= 11 is 0. The minimum atomic E-state index is -4.99. The summed E-state index contributed by atoms with van der Waals surface area (Å²) in [5, 5.41) is 6.50. The van der Waals surface area contributed by atoms with Crippen LogP contribution in [0.4, 0.5) is 13.2 Å². The zero-order valence-corrected chi connectivity index (χ0v) is 9.85.